The quantitative estimate of drug-likeness (QED) is 0.814. The van der Waals surface area contributed by atoms with Crippen LogP contribution in [0.4, 0.5) is 14.5 Å². The van der Waals surface area contributed by atoms with E-state index in [0.717, 1.165) is 22.5 Å². The Kier molecular flexibility index (Phi) is 5.00. The normalized spacial score (nSPS) is 11.8. The maximum Gasteiger partial charge on any atom is 0.301 e. The maximum atomic E-state index is 12.9. The van der Waals surface area contributed by atoms with Crippen molar-refractivity contribution in [3.8, 4) is 0 Å². The van der Waals surface area contributed by atoms with Crippen molar-refractivity contribution in [2.24, 2.45) is 0 Å². The summed E-state index contributed by atoms with van der Waals surface area (Å²) in [5, 5.41) is 8.60. The largest absolute Gasteiger partial charge is 0.396 e. The summed E-state index contributed by atoms with van der Waals surface area (Å²) < 4.78 is 52.1. The van der Waals surface area contributed by atoms with E-state index in [1.165, 1.54) is 7.05 Å². The topological polar surface area (TPSA) is 69.6 Å². The van der Waals surface area contributed by atoms with Gasteiger partial charge in [0.05, 0.1) is 5.69 Å². The Balaban J connectivity index is 2.78. The third-order valence-electron chi connectivity index (χ3n) is 2.21. The molecular weight excluding hydrogens is 266 g/mol. The van der Waals surface area contributed by atoms with E-state index in [0.29, 0.717) is 0 Å². The van der Waals surface area contributed by atoms with E-state index in [1.54, 1.807) is 0 Å². The first-order valence-corrected chi connectivity index (χ1v) is 6.61. The minimum atomic E-state index is -3.83. The molecule has 0 aromatic heterocycles. The van der Waals surface area contributed by atoms with Crippen molar-refractivity contribution < 1.29 is 22.3 Å². The van der Waals surface area contributed by atoms with Crippen molar-refractivity contribution in [2.75, 3.05) is 24.9 Å². The zero-order chi connectivity index (χ0) is 13.8. The van der Waals surface area contributed by atoms with Crippen molar-refractivity contribution in [3.63, 3.8) is 0 Å². The van der Waals surface area contributed by atoms with E-state index < -0.39 is 21.8 Å². The van der Waals surface area contributed by atoms with Crippen LogP contribution < -0.4 is 4.72 Å². The number of halogens is 2. The smallest absolute Gasteiger partial charge is 0.301 e. The molecule has 0 unspecified atom stereocenters. The van der Waals surface area contributed by atoms with Crippen molar-refractivity contribution in [2.45, 2.75) is 6.42 Å². The van der Waals surface area contributed by atoms with Crippen LogP contribution >= 0.6 is 0 Å². The van der Waals surface area contributed by atoms with Crippen molar-refractivity contribution in [1.29, 1.82) is 0 Å². The van der Waals surface area contributed by atoms with Crippen LogP contribution in [0.3, 0.4) is 0 Å². The monoisotopic (exact) mass is 280 g/mol. The van der Waals surface area contributed by atoms with Gasteiger partial charge in [0.2, 0.25) is 0 Å². The Morgan fingerprint density at radius 1 is 1.33 bits per heavy atom. The molecule has 0 bridgehead atoms. The molecule has 0 spiro atoms. The summed E-state index contributed by atoms with van der Waals surface area (Å²) in [5.41, 5.74) is -0.0650. The molecule has 1 rings (SSSR count). The zero-order valence-electron chi connectivity index (χ0n) is 9.73. The third-order valence-corrected chi connectivity index (χ3v) is 3.70. The molecule has 1 aromatic carbocycles. The summed E-state index contributed by atoms with van der Waals surface area (Å²) in [5.74, 6) is -2.18. The Labute approximate surface area is 104 Å². The molecule has 0 heterocycles. The molecule has 0 amide bonds. The fraction of sp³-hybridized carbons (Fsp3) is 0.400. The zero-order valence-corrected chi connectivity index (χ0v) is 10.5. The molecule has 5 nitrogen and oxygen atoms in total. The summed E-state index contributed by atoms with van der Waals surface area (Å²) in [6, 6.07) is 2.71. The molecule has 0 aliphatic rings. The van der Waals surface area contributed by atoms with E-state index in [2.05, 4.69) is 4.72 Å². The fourth-order valence-electron chi connectivity index (χ4n) is 1.20. The van der Waals surface area contributed by atoms with Crippen LogP contribution in [0, 0.1) is 11.6 Å². The number of nitrogens with zero attached hydrogens (tertiary/aromatic N) is 1. The Bertz CT molecular complexity index is 508. The van der Waals surface area contributed by atoms with Gasteiger partial charge in [-0.05, 0) is 18.6 Å². The number of rotatable bonds is 6. The van der Waals surface area contributed by atoms with Gasteiger partial charge in [0, 0.05) is 26.3 Å². The lowest BCUT2D eigenvalue weighted by Crippen LogP contribution is -2.33. The van der Waals surface area contributed by atoms with Crippen LogP contribution in [0.2, 0.25) is 0 Å². The lowest BCUT2D eigenvalue weighted by Gasteiger charge is -2.17. The van der Waals surface area contributed by atoms with Gasteiger partial charge in [0.1, 0.15) is 0 Å². The summed E-state index contributed by atoms with van der Waals surface area (Å²) in [6.45, 7) is -0.0133. The van der Waals surface area contributed by atoms with Gasteiger partial charge in [-0.3, -0.25) is 4.72 Å². The molecule has 0 saturated carbocycles. The van der Waals surface area contributed by atoms with Crippen molar-refractivity contribution in [3.05, 3.63) is 29.8 Å². The molecule has 0 aliphatic heterocycles. The van der Waals surface area contributed by atoms with E-state index in [9.17, 15) is 17.2 Å². The van der Waals surface area contributed by atoms with Gasteiger partial charge in [0.15, 0.2) is 11.6 Å². The highest BCUT2D eigenvalue weighted by molar-refractivity contribution is 7.90. The number of nitrogens with one attached hydrogen (secondary N) is 1. The van der Waals surface area contributed by atoms with Crippen LogP contribution in [0.1, 0.15) is 6.42 Å². The van der Waals surface area contributed by atoms with Crippen molar-refractivity contribution >= 4 is 15.9 Å². The van der Waals surface area contributed by atoms with Gasteiger partial charge in [-0.15, -0.1) is 0 Å². The summed E-state index contributed by atoms with van der Waals surface area (Å²) in [6.07, 6.45) is 0.287. The lowest BCUT2D eigenvalue weighted by molar-refractivity contribution is 0.276. The van der Waals surface area contributed by atoms with E-state index in [4.69, 9.17) is 5.11 Å². The van der Waals surface area contributed by atoms with Gasteiger partial charge in [-0.25, -0.2) is 8.78 Å². The van der Waals surface area contributed by atoms with Crippen molar-refractivity contribution in [1.82, 2.24) is 4.31 Å². The molecule has 0 radical (unpaired) electrons. The Hall–Kier alpha value is -1.25. The van der Waals surface area contributed by atoms with Gasteiger partial charge < -0.3 is 5.11 Å². The fourth-order valence-corrected chi connectivity index (χ4v) is 2.15. The first-order chi connectivity index (χ1) is 8.36. The number of hydrogen-bond acceptors (Lipinski definition) is 3. The predicted molar refractivity (Wildman–Crippen MR) is 63.2 cm³/mol. The highest BCUT2D eigenvalue weighted by Crippen LogP contribution is 2.15. The molecule has 1 aromatic rings. The second kappa shape index (κ2) is 6.07. The van der Waals surface area contributed by atoms with Crippen LogP contribution in [0.5, 0.6) is 0 Å². The summed E-state index contributed by atoms with van der Waals surface area (Å²) in [7, 11) is -2.51. The number of benzene rings is 1. The summed E-state index contributed by atoms with van der Waals surface area (Å²) >= 11 is 0. The molecule has 18 heavy (non-hydrogen) atoms. The highest BCUT2D eigenvalue weighted by atomic mass is 32.2. The number of aliphatic hydroxyl groups excluding tert-OH is 1. The molecule has 2 N–H and O–H groups in total. The first kappa shape index (κ1) is 14.8. The standard InChI is InChI=1S/C10H14F2N2O3S/c1-14(5-2-6-15)18(16,17)13-8-3-4-9(11)10(12)7-8/h3-4,7,13,15H,2,5-6H2,1H3. The van der Waals surface area contributed by atoms with Gasteiger partial charge in [-0.2, -0.15) is 12.7 Å². The molecule has 0 aliphatic carbocycles. The van der Waals surface area contributed by atoms with E-state index >= 15 is 0 Å². The van der Waals surface area contributed by atoms with Crippen LogP contribution in [0.25, 0.3) is 0 Å². The minimum Gasteiger partial charge on any atom is -0.396 e. The van der Waals surface area contributed by atoms with E-state index in [1.807, 2.05) is 0 Å². The SMILES string of the molecule is CN(CCCO)S(=O)(=O)Nc1ccc(F)c(F)c1. The molecule has 102 valence electrons. The third kappa shape index (κ3) is 3.90. The highest BCUT2D eigenvalue weighted by Gasteiger charge is 2.17. The van der Waals surface area contributed by atoms with Crippen LogP contribution in [-0.4, -0.2) is 38.0 Å². The lowest BCUT2D eigenvalue weighted by atomic mass is 10.3. The molecule has 0 atom stereocenters. The molecular formula is C10H14F2N2O3S. The average molecular weight is 280 g/mol. The number of hydrogen-bond donors (Lipinski definition) is 2. The second-order valence-electron chi connectivity index (χ2n) is 3.63. The number of aliphatic hydroxyl groups is 1. The maximum absolute atomic E-state index is 12.9. The average Bonchev–Trinajstić information content (AvgIpc) is 2.30. The second-order valence-corrected chi connectivity index (χ2v) is 5.41. The Morgan fingerprint density at radius 2 is 2.00 bits per heavy atom. The van der Waals surface area contributed by atoms with Gasteiger partial charge >= 0.3 is 10.2 Å². The molecule has 0 saturated heterocycles. The number of anilines is 1. The van der Waals surface area contributed by atoms with Crippen LogP contribution in [0.15, 0.2) is 18.2 Å². The minimum absolute atomic E-state index is 0.0650. The molecule has 0 fully saturated rings. The molecule has 8 heteroatoms. The van der Waals surface area contributed by atoms with Gasteiger partial charge in [-0.1, -0.05) is 0 Å². The summed E-state index contributed by atoms with van der Waals surface area (Å²) in [4.78, 5) is 0. The van der Waals surface area contributed by atoms with Crippen LogP contribution in [-0.2, 0) is 10.2 Å². The predicted octanol–water partition coefficient (Wildman–Crippen LogP) is 0.936. The Morgan fingerprint density at radius 3 is 2.56 bits per heavy atom. The van der Waals surface area contributed by atoms with Gasteiger partial charge in [0.25, 0.3) is 0 Å². The van der Waals surface area contributed by atoms with E-state index in [-0.39, 0.29) is 25.3 Å². The first-order valence-electron chi connectivity index (χ1n) is 5.17.